The van der Waals surface area contributed by atoms with Crippen LogP contribution in [0.2, 0.25) is 0 Å². The molecule has 1 atom stereocenters. The Morgan fingerprint density at radius 1 is 1.34 bits per heavy atom. The number of hydrogen-bond donors (Lipinski definition) is 2. The summed E-state index contributed by atoms with van der Waals surface area (Å²) in [4.78, 5) is 19.3. The molecule has 0 spiro atoms. The fourth-order valence-corrected chi connectivity index (χ4v) is 3.52. The highest BCUT2D eigenvalue weighted by Crippen LogP contribution is 2.19. The van der Waals surface area contributed by atoms with Gasteiger partial charge in [-0.2, -0.15) is 0 Å². The van der Waals surface area contributed by atoms with Crippen LogP contribution in [0, 0.1) is 0 Å². The minimum absolute atomic E-state index is 0. The van der Waals surface area contributed by atoms with Gasteiger partial charge in [-0.1, -0.05) is 31.2 Å². The van der Waals surface area contributed by atoms with Crippen molar-refractivity contribution >= 4 is 18.3 Å². The lowest BCUT2D eigenvalue weighted by Gasteiger charge is -2.35. The third kappa shape index (κ3) is 6.54. The lowest BCUT2D eigenvalue weighted by Crippen LogP contribution is -2.50. The molecule has 160 valence electrons. The monoisotopic (exact) mass is 421 g/mol. The van der Waals surface area contributed by atoms with Gasteiger partial charge in [0.2, 0.25) is 5.91 Å². The Morgan fingerprint density at radius 2 is 2.14 bits per heavy atom. The first-order chi connectivity index (χ1) is 13.7. The van der Waals surface area contributed by atoms with Crippen LogP contribution in [0.3, 0.4) is 0 Å². The fraction of sp³-hybridized carbons (Fsp3) is 0.524. The number of piperazine rings is 1. The van der Waals surface area contributed by atoms with Crippen LogP contribution in [-0.2, 0) is 29.7 Å². The lowest BCUT2D eigenvalue weighted by molar-refractivity contribution is -0.123. The van der Waals surface area contributed by atoms with Gasteiger partial charge in [-0.25, -0.2) is 4.98 Å². The molecular weight excluding hydrogens is 390 g/mol. The van der Waals surface area contributed by atoms with Gasteiger partial charge in [-0.3, -0.25) is 9.69 Å². The SMILES string of the molecule is CCCOCc1ccccc1CNC(=O)CN1CCNCC1c1nccn1C.Cl. The number of ether oxygens (including phenoxy) is 1. The van der Waals surface area contributed by atoms with Crippen LogP contribution in [0.5, 0.6) is 0 Å². The van der Waals surface area contributed by atoms with E-state index in [1.165, 1.54) is 0 Å². The second-order valence-electron chi connectivity index (χ2n) is 7.18. The number of carbonyl (C=O) groups excluding carboxylic acids is 1. The predicted octanol–water partition coefficient (Wildman–Crippen LogP) is 2.03. The van der Waals surface area contributed by atoms with Crippen LogP contribution in [0.25, 0.3) is 0 Å². The molecule has 1 aromatic heterocycles. The van der Waals surface area contributed by atoms with E-state index < -0.39 is 0 Å². The third-order valence-corrected chi connectivity index (χ3v) is 5.06. The molecule has 0 saturated carbocycles. The molecule has 8 heteroatoms. The molecule has 0 radical (unpaired) electrons. The van der Waals surface area contributed by atoms with Gasteiger partial charge in [0.1, 0.15) is 5.82 Å². The highest BCUT2D eigenvalue weighted by Gasteiger charge is 2.28. The Kier molecular flexibility index (Phi) is 9.60. The quantitative estimate of drug-likeness (QED) is 0.606. The molecule has 2 heterocycles. The molecule has 2 N–H and O–H groups in total. The van der Waals surface area contributed by atoms with Crippen molar-refractivity contribution in [2.24, 2.45) is 7.05 Å². The van der Waals surface area contributed by atoms with E-state index in [4.69, 9.17) is 4.74 Å². The fourth-order valence-electron chi connectivity index (χ4n) is 3.52. The van der Waals surface area contributed by atoms with E-state index in [-0.39, 0.29) is 24.4 Å². The Morgan fingerprint density at radius 3 is 2.86 bits per heavy atom. The minimum Gasteiger partial charge on any atom is -0.377 e. The number of amides is 1. The lowest BCUT2D eigenvalue weighted by atomic mass is 10.1. The molecule has 1 fully saturated rings. The topological polar surface area (TPSA) is 71.4 Å². The molecule has 1 aliphatic rings. The second-order valence-corrected chi connectivity index (χ2v) is 7.18. The molecule has 1 amide bonds. The number of halogens is 1. The minimum atomic E-state index is 0. The molecule has 0 aliphatic carbocycles. The molecule has 3 rings (SSSR count). The summed E-state index contributed by atoms with van der Waals surface area (Å²) in [5.74, 6) is 1.02. The number of aromatic nitrogens is 2. The molecule has 0 bridgehead atoms. The summed E-state index contributed by atoms with van der Waals surface area (Å²) in [5, 5.41) is 6.48. The number of hydrogen-bond acceptors (Lipinski definition) is 5. The van der Waals surface area contributed by atoms with Crippen molar-refractivity contribution in [3.05, 3.63) is 53.6 Å². The van der Waals surface area contributed by atoms with E-state index in [2.05, 4.69) is 33.5 Å². The van der Waals surface area contributed by atoms with Gasteiger partial charge in [0.25, 0.3) is 0 Å². The van der Waals surface area contributed by atoms with E-state index in [1.54, 1.807) is 6.20 Å². The van der Waals surface area contributed by atoms with Crippen molar-refractivity contribution in [2.75, 3.05) is 32.8 Å². The maximum Gasteiger partial charge on any atom is 0.234 e. The number of nitrogens with zero attached hydrogens (tertiary/aromatic N) is 3. The summed E-state index contributed by atoms with van der Waals surface area (Å²) in [7, 11) is 1.99. The number of imidazole rings is 1. The normalized spacial score (nSPS) is 17.0. The highest BCUT2D eigenvalue weighted by molar-refractivity contribution is 5.85. The Hall–Kier alpha value is -1.93. The molecule has 1 aromatic carbocycles. The molecule has 1 unspecified atom stereocenters. The Bertz CT molecular complexity index is 767. The zero-order valence-electron chi connectivity index (χ0n) is 17.3. The van der Waals surface area contributed by atoms with Gasteiger partial charge in [0, 0.05) is 52.2 Å². The van der Waals surface area contributed by atoms with E-state index in [0.29, 0.717) is 19.7 Å². The van der Waals surface area contributed by atoms with Crippen molar-refractivity contribution in [3.63, 3.8) is 0 Å². The van der Waals surface area contributed by atoms with Crippen molar-refractivity contribution in [3.8, 4) is 0 Å². The zero-order valence-corrected chi connectivity index (χ0v) is 18.1. The average molecular weight is 422 g/mol. The summed E-state index contributed by atoms with van der Waals surface area (Å²) in [6.07, 6.45) is 4.75. The maximum atomic E-state index is 12.6. The van der Waals surface area contributed by atoms with E-state index in [9.17, 15) is 4.79 Å². The summed E-state index contributed by atoms with van der Waals surface area (Å²) in [5.41, 5.74) is 2.23. The zero-order chi connectivity index (χ0) is 19.8. The smallest absolute Gasteiger partial charge is 0.234 e. The van der Waals surface area contributed by atoms with Crippen LogP contribution in [0.4, 0.5) is 0 Å². The Balaban J connectivity index is 0.00000300. The first-order valence-electron chi connectivity index (χ1n) is 10.0. The van der Waals surface area contributed by atoms with Crippen LogP contribution in [0.15, 0.2) is 36.7 Å². The van der Waals surface area contributed by atoms with E-state index >= 15 is 0 Å². The predicted molar refractivity (Wildman–Crippen MR) is 116 cm³/mol. The van der Waals surface area contributed by atoms with Crippen molar-refractivity contribution < 1.29 is 9.53 Å². The molecule has 7 nitrogen and oxygen atoms in total. The van der Waals surface area contributed by atoms with Crippen LogP contribution in [0.1, 0.15) is 36.3 Å². The molecule has 1 aliphatic heterocycles. The maximum absolute atomic E-state index is 12.6. The largest absolute Gasteiger partial charge is 0.377 e. The molecular formula is C21H32ClN5O2. The van der Waals surface area contributed by atoms with Crippen LogP contribution >= 0.6 is 12.4 Å². The number of carbonyl (C=O) groups is 1. The summed E-state index contributed by atoms with van der Waals surface area (Å²) >= 11 is 0. The van der Waals surface area contributed by atoms with Gasteiger partial charge in [-0.15, -0.1) is 12.4 Å². The number of aryl methyl sites for hydroxylation is 1. The van der Waals surface area contributed by atoms with E-state index in [1.807, 2.05) is 36.0 Å². The second kappa shape index (κ2) is 11.9. The third-order valence-electron chi connectivity index (χ3n) is 5.06. The first kappa shape index (κ1) is 23.3. The summed E-state index contributed by atoms with van der Waals surface area (Å²) in [6, 6.07) is 8.22. The number of rotatable bonds is 9. The number of nitrogens with one attached hydrogen (secondary N) is 2. The molecule has 29 heavy (non-hydrogen) atoms. The highest BCUT2D eigenvalue weighted by atomic mass is 35.5. The standard InChI is InChI=1S/C21H31N5O2.ClH/c1-3-12-28-16-18-7-5-4-6-17(18)13-24-20(27)15-26-11-8-22-14-19(26)21-23-9-10-25(21)2;/h4-7,9-10,19,22H,3,8,11-16H2,1-2H3,(H,24,27);1H. The molecule has 2 aromatic rings. The van der Waals surface area contributed by atoms with Gasteiger partial charge in [-0.05, 0) is 17.5 Å². The van der Waals surface area contributed by atoms with Gasteiger partial charge in [0.05, 0.1) is 19.2 Å². The molecule has 1 saturated heterocycles. The van der Waals surface area contributed by atoms with Crippen LogP contribution in [-0.4, -0.2) is 53.1 Å². The van der Waals surface area contributed by atoms with Crippen LogP contribution < -0.4 is 10.6 Å². The summed E-state index contributed by atoms with van der Waals surface area (Å²) in [6.45, 7) is 6.82. The van der Waals surface area contributed by atoms with Crippen molar-refractivity contribution in [2.45, 2.75) is 32.5 Å². The summed E-state index contributed by atoms with van der Waals surface area (Å²) < 4.78 is 7.69. The average Bonchev–Trinajstić information content (AvgIpc) is 3.13. The van der Waals surface area contributed by atoms with E-state index in [0.717, 1.165) is 49.6 Å². The van der Waals surface area contributed by atoms with Crippen molar-refractivity contribution in [1.82, 2.24) is 25.1 Å². The van der Waals surface area contributed by atoms with Gasteiger partial charge >= 0.3 is 0 Å². The first-order valence-corrected chi connectivity index (χ1v) is 10.0. The number of benzene rings is 1. The van der Waals surface area contributed by atoms with Crippen molar-refractivity contribution in [1.29, 1.82) is 0 Å². The Labute approximate surface area is 179 Å². The van der Waals surface area contributed by atoms with Gasteiger partial charge in [0.15, 0.2) is 0 Å². The van der Waals surface area contributed by atoms with Gasteiger partial charge < -0.3 is 19.9 Å².